The third-order valence-corrected chi connectivity index (χ3v) is 7.56. The molecule has 0 aromatic heterocycles. The van der Waals surface area contributed by atoms with E-state index in [1.165, 1.54) is 16.4 Å². The largest absolute Gasteiger partial charge is 0.491 e. The molecule has 7 nitrogen and oxygen atoms in total. The third-order valence-electron chi connectivity index (χ3n) is 5.77. The number of rotatable bonds is 7. The second-order valence-electron chi connectivity index (χ2n) is 8.04. The maximum absolute atomic E-state index is 13.4. The zero-order valence-corrected chi connectivity index (χ0v) is 19.6. The molecule has 4 aromatic rings. The van der Waals surface area contributed by atoms with E-state index in [1.54, 1.807) is 42.5 Å². The van der Waals surface area contributed by atoms with Crippen molar-refractivity contribution in [3.8, 4) is 11.5 Å². The van der Waals surface area contributed by atoms with Crippen molar-refractivity contribution < 1.29 is 22.7 Å². The number of benzene rings is 4. The van der Waals surface area contributed by atoms with Crippen molar-refractivity contribution in [1.29, 1.82) is 0 Å². The SMILES string of the molecule is O=C(NCCOc1cccc2ccccc12)C1CN(S(=O)(=O)c2ccccc2)c2ccccc2O1. The predicted molar refractivity (Wildman–Crippen MR) is 134 cm³/mol. The van der Waals surface area contributed by atoms with Crippen LogP contribution in [0.1, 0.15) is 0 Å². The first kappa shape index (κ1) is 22.7. The van der Waals surface area contributed by atoms with Gasteiger partial charge < -0.3 is 14.8 Å². The van der Waals surface area contributed by atoms with E-state index in [0.717, 1.165) is 16.5 Å². The lowest BCUT2D eigenvalue weighted by Gasteiger charge is -2.34. The zero-order chi connectivity index (χ0) is 24.3. The maximum atomic E-state index is 13.4. The second-order valence-corrected chi connectivity index (χ2v) is 9.90. The van der Waals surface area contributed by atoms with Crippen molar-refractivity contribution >= 4 is 32.4 Å². The molecular weight excluding hydrogens is 464 g/mol. The molecule has 1 N–H and O–H groups in total. The van der Waals surface area contributed by atoms with Crippen molar-refractivity contribution in [2.45, 2.75) is 11.0 Å². The van der Waals surface area contributed by atoms with Gasteiger partial charge in [-0.1, -0.05) is 66.7 Å². The highest BCUT2D eigenvalue weighted by Gasteiger charge is 2.37. The minimum atomic E-state index is -3.88. The van der Waals surface area contributed by atoms with E-state index in [2.05, 4.69) is 5.32 Å². The number of carbonyl (C=O) groups excluding carboxylic acids is 1. The van der Waals surface area contributed by atoms with E-state index in [4.69, 9.17) is 9.47 Å². The number of anilines is 1. The van der Waals surface area contributed by atoms with Crippen LogP contribution in [-0.2, 0) is 14.8 Å². The Morgan fingerprint density at radius 2 is 1.63 bits per heavy atom. The molecule has 5 rings (SSSR count). The summed E-state index contributed by atoms with van der Waals surface area (Å²) in [6.07, 6.45) is -0.999. The van der Waals surface area contributed by atoms with Gasteiger partial charge >= 0.3 is 0 Å². The van der Waals surface area contributed by atoms with E-state index in [-0.39, 0.29) is 24.6 Å². The highest BCUT2D eigenvalue weighted by atomic mass is 32.2. The fourth-order valence-electron chi connectivity index (χ4n) is 4.06. The summed E-state index contributed by atoms with van der Waals surface area (Å²) >= 11 is 0. The molecule has 1 atom stereocenters. The average molecular weight is 489 g/mol. The number of ether oxygens (including phenoxy) is 2. The average Bonchev–Trinajstić information content (AvgIpc) is 2.91. The summed E-state index contributed by atoms with van der Waals surface area (Å²) in [5.74, 6) is 0.667. The molecule has 1 aliphatic heterocycles. The lowest BCUT2D eigenvalue weighted by molar-refractivity contribution is -0.127. The maximum Gasteiger partial charge on any atom is 0.264 e. The van der Waals surface area contributed by atoms with E-state index in [9.17, 15) is 13.2 Å². The number of nitrogens with zero attached hydrogens (tertiary/aromatic N) is 1. The van der Waals surface area contributed by atoms with Crippen LogP contribution in [0.4, 0.5) is 5.69 Å². The predicted octanol–water partition coefficient (Wildman–Crippen LogP) is 3.99. The third kappa shape index (κ3) is 4.65. The monoisotopic (exact) mass is 488 g/mol. The Morgan fingerprint density at radius 3 is 2.49 bits per heavy atom. The molecule has 8 heteroatoms. The summed E-state index contributed by atoms with van der Waals surface area (Å²) in [5, 5.41) is 4.87. The van der Waals surface area contributed by atoms with Crippen LogP contribution < -0.4 is 19.1 Å². The Balaban J connectivity index is 1.27. The number of hydrogen-bond donors (Lipinski definition) is 1. The van der Waals surface area contributed by atoms with Crippen molar-refractivity contribution in [2.75, 3.05) is 24.0 Å². The first-order chi connectivity index (χ1) is 17.0. The van der Waals surface area contributed by atoms with Crippen LogP contribution in [0.5, 0.6) is 11.5 Å². The molecule has 0 bridgehead atoms. The Labute approximate surface area is 204 Å². The minimum Gasteiger partial charge on any atom is -0.491 e. The number of para-hydroxylation sites is 2. The molecule has 178 valence electrons. The topological polar surface area (TPSA) is 84.9 Å². The fourth-order valence-corrected chi connectivity index (χ4v) is 5.55. The van der Waals surface area contributed by atoms with Gasteiger partial charge in [-0.2, -0.15) is 0 Å². The smallest absolute Gasteiger partial charge is 0.264 e. The van der Waals surface area contributed by atoms with Crippen LogP contribution in [0.15, 0.2) is 102 Å². The van der Waals surface area contributed by atoms with Gasteiger partial charge in [0.25, 0.3) is 15.9 Å². The van der Waals surface area contributed by atoms with Crippen molar-refractivity contribution in [3.05, 3.63) is 97.1 Å². The first-order valence-electron chi connectivity index (χ1n) is 11.3. The molecule has 0 saturated carbocycles. The van der Waals surface area contributed by atoms with Crippen molar-refractivity contribution in [2.24, 2.45) is 0 Å². The van der Waals surface area contributed by atoms with Crippen LogP contribution in [0.2, 0.25) is 0 Å². The van der Waals surface area contributed by atoms with Gasteiger partial charge in [-0.15, -0.1) is 0 Å². The minimum absolute atomic E-state index is 0.135. The summed E-state index contributed by atoms with van der Waals surface area (Å²) in [7, 11) is -3.88. The van der Waals surface area contributed by atoms with E-state index in [0.29, 0.717) is 11.4 Å². The van der Waals surface area contributed by atoms with Crippen LogP contribution in [-0.4, -0.2) is 40.1 Å². The fraction of sp³-hybridized carbons (Fsp3) is 0.148. The quantitative estimate of drug-likeness (QED) is 0.398. The van der Waals surface area contributed by atoms with Crippen LogP contribution in [0, 0.1) is 0 Å². The number of hydrogen-bond acceptors (Lipinski definition) is 5. The Hall–Kier alpha value is -4.04. The Morgan fingerprint density at radius 1 is 0.914 bits per heavy atom. The van der Waals surface area contributed by atoms with E-state index in [1.807, 2.05) is 42.5 Å². The summed E-state index contributed by atoms with van der Waals surface area (Å²) in [4.78, 5) is 13.1. The summed E-state index contributed by atoms with van der Waals surface area (Å²) < 4.78 is 39.7. The lowest BCUT2D eigenvalue weighted by Crippen LogP contribution is -2.51. The van der Waals surface area contributed by atoms with Crippen LogP contribution in [0.25, 0.3) is 10.8 Å². The Bertz CT molecular complexity index is 1450. The number of fused-ring (bicyclic) bond motifs is 2. The molecule has 1 amide bonds. The zero-order valence-electron chi connectivity index (χ0n) is 18.8. The molecule has 0 radical (unpaired) electrons. The molecule has 4 aromatic carbocycles. The standard InChI is InChI=1S/C27H24N2O5S/c30-27(28-17-18-33-24-16-8-10-20-9-4-5-13-22(20)24)26-19-29(23-14-6-7-15-25(23)34-26)35(31,32)21-11-2-1-3-12-21/h1-16,26H,17-19H2,(H,28,30). The molecule has 0 spiro atoms. The van der Waals surface area contributed by atoms with Crippen molar-refractivity contribution in [3.63, 3.8) is 0 Å². The second kappa shape index (κ2) is 9.68. The van der Waals surface area contributed by atoms with Crippen molar-refractivity contribution in [1.82, 2.24) is 5.32 Å². The number of sulfonamides is 1. The van der Waals surface area contributed by atoms with E-state index >= 15 is 0 Å². The highest BCUT2D eigenvalue weighted by molar-refractivity contribution is 7.92. The molecule has 1 unspecified atom stereocenters. The van der Waals surface area contributed by atoms with Crippen LogP contribution in [0.3, 0.4) is 0 Å². The van der Waals surface area contributed by atoms with Gasteiger partial charge in [0.05, 0.1) is 23.7 Å². The normalized spacial score (nSPS) is 15.2. The molecule has 1 heterocycles. The van der Waals surface area contributed by atoms with Gasteiger partial charge in [0.2, 0.25) is 0 Å². The molecule has 0 fully saturated rings. The number of nitrogens with one attached hydrogen (secondary N) is 1. The highest BCUT2D eigenvalue weighted by Crippen LogP contribution is 2.36. The first-order valence-corrected chi connectivity index (χ1v) is 12.7. The summed E-state index contributed by atoms with van der Waals surface area (Å²) in [6, 6.07) is 28.7. The van der Waals surface area contributed by atoms with Gasteiger partial charge in [0.15, 0.2) is 6.10 Å². The molecule has 1 aliphatic rings. The molecule has 0 aliphatic carbocycles. The van der Waals surface area contributed by atoms with Gasteiger partial charge in [-0.25, -0.2) is 8.42 Å². The van der Waals surface area contributed by atoms with Gasteiger partial charge in [0, 0.05) is 5.39 Å². The van der Waals surface area contributed by atoms with Gasteiger partial charge in [-0.05, 0) is 35.7 Å². The number of amides is 1. The summed E-state index contributed by atoms with van der Waals surface area (Å²) in [6.45, 7) is 0.369. The Kier molecular flexibility index (Phi) is 6.29. The molecule has 0 saturated heterocycles. The lowest BCUT2D eigenvalue weighted by atomic mass is 10.1. The van der Waals surface area contributed by atoms with Gasteiger partial charge in [0.1, 0.15) is 18.1 Å². The summed E-state index contributed by atoms with van der Waals surface area (Å²) in [5.41, 5.74) is 0.402. The number of carbonyl (C=O) groups is 1. The molecule has 35 heavy (non-hydrogen) atoms. The van der Waals surface area contributed by atoms with Gasteiger partial charge in [-0.3, -0.25) is 9.10 Å². The molecular formula is C27H24N2O5S. The van der Waals surface area contributed by atoms with Crippen LogP contribution >= 0.6 is 0 Å². The van der Waals surface area contributed by atoms with E-state index < -0.39 is 22.0 Å².